The van der Waals surface area contributed by atoms with E-state index in [-0.39, 0.29) is 5.56 Å². The lowest BCUT2D eigenvalue weighted by Crippen LogP contribution is -2.35. The van der Waals surface area contributed by atoms with Gasteiger partial charge in [-0.1, -0.05) is 30.3 Å². The summed E-state index contributed by atoms with van der Waals surface area (Å²) in [4.78, 5) is 17.0. The summed E-state index contributed by atoms with van der Waals surface area (Å²) < 4.78 is 5.73. The first-order valence-electron chi connectivity index (χ1n) is 9.46. The van der Waals surface area contributed by atoms with E-state index in [1.165, 1.54) is 16.5 Å². The molecule has 0 aliphatic carbocycles. The van der Waals surface area contributed by atoms with Gasteiger partial charge in [-0.05, 0) is 55.6 Å². The highest BCUT2D eigenvalue weighted by atomic mass is 16.5. The van der Waals surface area contributed by atoms with Gasteiger partial charge in [0.2, 0.25) is 0 Å². The largest absolute Gasteiger partial charge is 0.491 e. The van der Waals surface area contributed by atoms with E-state index >= 15 is 0 Å². The molecule has 2 aromatic carbocycles. The molecule has 2 heterocycles. The molecule has 5 nitrogen and oxygen atoms in total. The Morgan fingerprint density at radius 1 is 1.11 bits per heavy atom. The predicted octanol–water partition coefficient (Wildman–Crippen LogP) is 4.12. The minimum Gasteiger partial charge on any atom is -0.491 e. The highest BCUT2D eigenvalue weighted by Crippen LogP contribution is 2.33. The molecule has 1 aliphatic heterocycles. The third kappa shape index (κ3) is 3.83. The first-order chi connectivity index (χ1) is 13.2. The predicted molar refractivity (Wildman–Crippen MR) is 106 cm³/mol. The van der Waals surface area contributed by atoms with Crippen molar-refractivity contribution in [3.8, 4) is 5.75 Å². The van der Waals surface area contributed by atoms with Gasteiger partial charge in [-0.2, -0.15) is 0 Å². The van der Waals surface area contributed by atoms with E-state index in [2.05, 4.69) is 40.3 Å². The number of aromatic amines is 1. The van der Waals surface area contributed by atoms with Crippen LogP contribution in [0, 0.1) is 0 Å². The number of aromatic nitrogens is 1. The molecule has 0 spiro atoms. The second-order valence-electron chi connectivity index (χ2n) is 7.06. The van der Waals surface area contributed by atoms with E-state index in [0.29, 0.717) is 18.3 Å². The van der Waals surface area contributed by atoms with Crippen molar-refractivity contribution in [3.63, 3.8) is 0 Å². The van der Waals surface area contributed by atoms with Gasteiger partial charge in [-0.15, -0.1) is 0 Å². The molecule has 0 bridgehead atoms. The van der Waals surface area contributed by atoms with Crippen LogP contribution in [0.1, 0.15) is 34.7 Å². The zero-order chi connectivity index (χ0) is 18.6. The average molecular weight is 364 g/mol. The fourth-order valence-corrected chi connectivity index (χ4v) is 3.95. The SMILES string of the molecule is O=C(O)c1ccccc1OCCN1CCC(c2c[nH]c3ccccc23)CC1. The van der Waals surface area contributed by atoms with Gasteiger partial charge in [-0.3, -0.25) is 4.90 Å². The Labute approximate surface area is 158 Å². The molecule has 1 aliphatic rings. The van der Waals surface area contributed by atoms with Gasteiger partial charge >= 0.3 is 5.97 Å². The van der Waals surface area contributed by atoms with E-state index in [4.69, 9.17) is 4.74 Å². The number of hydrogen-bond acceptors (Lipinski definition) is 3. The minimum absolute atomic E-state index is 0.218. The lowest BCUT2D eigenvalue weighted by atomic mass is 9.89. The molecule has 3 aromatic rings. The molecule has 1 aromatic heterocycles. The molecule has 1 saturated heterocycles. The third-order valence-electron chi connectivity index (χ3n) is 5.43. The van der Waals surface area contributed by atoms with Crippen LogP contribution in [0.2, 0.25) is 0 Å². The van der Waals surface area contributed by atoms with E-state index in [1.54, 1.807) is 24.3 Å². The zero-order valence-corrected chi connectivity index (χ0v) is 15.2. The number of carbonyl (C=O) groups is 1. The summed E-state index contributed by atoms with van der Waals surface area (Å²) in [5.41, 5.74) is 2.85. The molecule has 0 atom stereocenters. The number of fused-ring (bicyclic) bond motifs is 1. The topological polar surface area (TPSA) is 65.6 Å². The van der Waals surface area contributed by atoms with E-state index in [0.717, 1.165) is 32.5 Å². The van der Waals surface area contributed by atoms with E-state index in [9.17, 15) is 9.90 Å². The van der Waals surface area contributed by atoms with Crippen molar-refractivity contribution < 1.29 is 14.6 Å². The van der Waals surface area contributed by atoms with Crippen LogP contribution < -0.4 is 4.74 Å². The van der Waals surface area contributed by atoms with Crippen LogP contribution in [0.25, 0.3) is 10.9 Å². The summed E-state index contributed by atoms with van der Waals surface area (Å²) in [6.07, 6.45) is 4.43. The summed E-state index contributed by atoms with van der Waals surface area (Å²) >= 11 is 0. The summed E-state index contributed by atoms with van der Waals surface area (Å²) in [6, 6.07) is 15.3. The van der Waals surface area contributed by atoms with Crippen molar-refractivity contribution in [2.45, 2.75) is 18.8 Å². The highest BCUT2D eigenvalue weighted by Gasteiger charge is 2.22. The molecule has 2 N–H and O–H groups in total. The van der Waals surface area contributed by atoms with Gasteiger partial charge in [0.05, 0.1) is 0 Å². The Morgan fingerprint density at radius 3 is 2.67 bits per heavy atom. The van der Waals surface area contributed by atoms with Gasteiger partial charge in [0.15, 0.2) is 0 Å². The van der Waals surface area contributed by atoms with Crippen molar-refractivity contribution in [1.29, 1.82) is 0 Å². The molecule has 0 unspecified atom stereocenters. The summed E-state index contributed by atoms with van der Waals surface area (Å²) in [7, 11) is 0. The fraction of sp³-hybridized carbons (Fsp3) is 0.318. The smallest absolute Gasteiger partial charge is 0.339 e. The highest BCUT2D eigenvalue weighted by molar-refractivity contribution is 5.90. The van der Waals surface area contributed by atoms with Gasteiger partial charge in [0, 0.05) is 23.6 Å². The van der Waals surface area contributed by atoms with Crippen LogP contribution in [-0.4, -0.2) is 47.2 Å². The average Bonchev–Trinajstić information content (AvgIpc) is 3.13. The second-order valence-corrected chi connectivity index (χ2v) is 7.06. The van der Waals surface area contributed by atoms with Crippen LogP contribution in [0.4, 0.5) is 0 Å². The summed E-state index contributed by atoms with van der Waals surface area (Å²) in [5.74, 6) is 0.0786. The van der Waals surface area contributed by atoms with Crippen LogP contribution in [0.3, 0.4) is 0 Å². The monoisotopic (exact) mass is 364 g/mol. The van der Waals surface area contributed by atoms with E-state index in [1.807, 2.05) is 0 Å². The first-order valence-corrected chi connectivity index (χ1v) is 9.46. The lowest BCUT2D eigenvalue weighted by molar-refractivity contribution is 0.0691. The number of aromatic carboxylic acids is 1. The number of carboxylic acids is 1. The van der Waals surface area contributed by atoms with Gasteiger partial charge in [0.25, 0.3) is 0 Å². The normalized spacial score (nSPS) is 15.9. The second kappa shape index (κ2) is 7.84. The summed E-state index contributed by atoms with van der Waals surface area (Å²) in [6.45, 7) is 3.39. The Kier molecular flexibility index (Phi) is 5.12. The van der Waals surface area contributed by atoms with Gasteiger partial charge < -0.3 is 14.8 Å². The molecular formula is C22H24N2O3. The number of carboxylic acid groups (broad SMARTS) is 1. The maximum absolute atomic E-state index is 11.2. The lowest BCUT2D eigenvalue weighted by Gasteiger charge is -2.31. The molecule has 0 amide bonds. The molecule has 4 rings (SSSR count). The number of nitrogens with one attached hydrogen (secondary N) is 1. The standard InChI is InChI=1S/C22H24N2O3/c25-22(26)18-6-2-4-8-21(18)27-14-13-24-11-9-16(10-12-24)19-15-23-20-7-3-1-5-17(19)20/h1-8,15-16,23H,9-14H2,(H,25,26). The maximum atomic E-state index is 11.2. The van der Waals surface area contributed by atoms with Crippen molar-refractivity contribution in [1.82, 2.24) is 9.88 Å². The summed E-state index contributed by atoms with van der Waals surface area (Å²) in [5, 5.41) is 10.6. The van der Waals surface area contributed by atoms with Crippen LogP contribution in [0.5, 0.6) is 5.75 Å². The van der Waals surface area contributed by atoms with Crippen LogP contribution in [-0.2, 0) is 0 Å². The number of rotatable bonds is 6. The number of nitrogens with zero attached hydrogens (tertiary/aromatic N) is 1. The molecule has 5 heteroatoms. The molecule has 140 valence electrons. The fourth-order valence-electron chi connectivity index (χ4n) is 3.95. The van der Waals surface area contributed by atoms with Crippen molar-refractivity contribution in [2.75, 3.05) is 26.2 Å². The van der Waals surface area contributed by atoms with Crippen LogP contribution in [0.15, 0.2) is 54.7 Å². The Bertz CT molecular complexity index is 926. The number of benzene rings is 2. The molecule has 0 saturated carbocycles. The van der Waals surface area contributed by atoms with Crippen molar-refractivity contribution in [3.05, 3.63) is 65.9 Å². The van der Waals surface area contributed by atoms with Crippen molar-refractivity contribution >= 4 is 16.9 Å². The maximum Gasteiger partial charge on any atom is 0.339 e. The quantitative estimate of drug-likeness (QED) is 0.690. The van der Waals surface area contributed by atoms with Gasteiger partial charge in [-0.25, -0.2) is 4.79 Å². The van der Waals surface area contributed by atoms with Crippen molar-refractivity contribution in [2.24, 2.45) is 0 Å². The zero-order valence-electron chi connectivity index (χ0n) is 15.2. The number of hydrogen-bond donors (Lipinski definition) is 2. The Morgan fingerprint density at radius 2 is 1.85 bits per heavy atom. The first kappa shape index (κ1) is 17.6. The third-order valence-corrected chi connectivity index (χ3v) is 5.43. The number of piperidine rings is 1. The molecule has 0 radical (unpaired) electrons. The number of likely N-dealkylation sites (tertiary alicyclic amines) is 1. The number of ether oxygens (including phenoxy) is 1. The van der Waals surface area contributed by atoms with Gasteiger partial charge in [0.1, 0.15) is 17.9 Å². The number of H-pyrrole nitrogens is 1. The Hall–Kier alpha value is -2.79. The van der Waals surface area contributed by atoms with Crippen LogP contribution >= 0.6 is 0 Å². The van der Waals surface area contributed by atoms with E-state index < -0.39 is 5.97 Å². The molecule has 27 heavy (non-hydrogen) atoms. The number of para-hydroxylation sites is 2. The molecule has 1 fully saturated rings. The Balaban J connectivity index is 1.30. The minimum atomic E-state index is -0.954. The molecular weight excluding hydrogens is 340 g/mol.